The molecule has 4 heterocycles. The molecule has 10 heteroatoms. The number of hydrogen-bond acceptors (Lipinski definition) is 7. The molecule has 0 aliphatic carbocycles. The van der Waals surface area contributed by atoms with Gasteiger partial charge in [0.2, 0.25) is 0 Å². The van der Waals surface area contributed by atoms with Gasteiger partial charge < -0.3 is 4.90 Å². The molecular formula is C27H27N3O4S3. The summed E-state index contributed by atoms with van der Waals surface area (Å²) in [7, 11) is -4.28. The number of benzene rings is 1. The van der Waals surface area contributed by atoms with Crippen molar-refractivity contribution in [3.63, 3.8) is 0 Å². The molecule has 0 bridgehead atoms. The van der Waals surface area contributed by atoms with E-state index < -0.39 is 22.0 Å². The van der Waals surface area contributed by atoms with Crippen LogP contribution in [-0.2, 0) is 32.6 Å². The molecule has 5 rings (SSSR count). The first-order valence-electron chi connectivity index (χ1n) is 12.1. The van der Waals surface area contributed by atoms with Gasteiger partial charge in [0.25, 0.3) is 11.8 Å². The highest BCUT2D eigenvalue weighted by atomic mass is 32.2. The molecule has 0 saturated carbocycles. The summed E-state index contributed by atoms with van der Waals surface area (Å²) >= 11 is 3.02. The van der Waals surface area contributed by atoms with Crippen LogP contribution in [0.2, 0.25) is 0 Å². The first-order chi connectivity index (χ1) is 17.9. The molecule has 7 nitrogen and oxygen atoms in total. The van der Waals surface area contributed by atoms with Crippen molar-refractivity contribution in [1.82, 2.24) is 13.5 Å². The third-order valence-corrected chi connectivity index (χ3v) is 10.1. The van der Waals surface area contributed by atoms with E-state index in [1.165, 1.54) is 28.2 Å². The maximum Gasteiger partial charge on any atom is 0.331 e. The van der Waals surface area contributed by atoms with Crippen LogP contribution in [-0.4, -0.2) is 59.9 Å². The average Bonchev–Trinajstić information content (AvgIpc) is 3.62. The minimum absolute atomic E-state index is 0.0140. The zero-order valence-corrected chi connectivity index (χ0v) is 22.6. The number of carbonyl (C=O) groups is 2. The van der Waals surface area contributed by atoms with E-state index in [0.29, 0.717) is 25.9 Å². The Morgan fingerprint density at radius 1 is 0.811 bits per heavy atom. The molecule has 0 spiro atoms. The molecule has 0 radical (unpaired) electrons. The Balaban J connectivity index is 1.40. The molecule has 1 saturated heterocycles. The fraction of sp³-hybridized carbons (Fsp3) is 0.259. The van der Waals surface area contributed by atoms with Crippen LogP contribution in [0.1, 0.15) is 21.7 Å². The second-order valence-electron chi connectivity index (χ2n) is 8.80. The van der Waals surface area contributed by atoms with Gasteiger partial charge in [-0.2, -0.15) is 8.42 Å². The lowest BCUT2D eigenvalue weighted by atomic mass is 10.00. The smallest absolute Gasteiger partial charge is 0.331 e. The van der Waals surface area contributed by atoms with E-state index >= 15 is 0 Å². The van der Waals surface area contributed by atoms with Gasteiger partial charge in [0.15, 0.2) is 0 Å². The van der Waals surface area contributed by atoms with Crippen LogP contribution in [0.25, 0.3) is 5.57 Å². The van der Waals surface area contributed by atoms with Crippen LogP contribution in [0.5, 0.6) is 0 Å². The molecule has 2 aliphatic rings. The second kappa shape index (κ2) is 11.0. The SMILES string of the molecule is O=C1C(=CN2CC=C(c3ccccc3)CC2)C(=O)N(CCc2cccs2)S(=O)(=O)N1CCc1cccs1. The van der Waals surface area contributed by atoms with Gasteiger partial charge in [-0.1, -0.05) is 48.5 Å². The molecule has 1 aromatic carbocycles. The van der Waals surface area contributed by atoms with Crippen LogP contribution in [0, 0.1) is 0 Å². The van der Waals surface area contributed by atoms with Crippen molar-refractivity contribution in [3.8, 4) is 0 Å². The van der Waals surface area contributed by atoms with Gasteiger partial charge in [-0.05, 0) is 40.5 Å². The predicted molar refractivity (Wildman–Crippen MR) is 147 cm³/mol. The standard InChI is InChI=1S/C27H27N3O4S3/c31-26-25(20-28-14-10-22(11-15-28)21-6-2-1-3-7-21)27(32)30(17-13-24-9-5-19-36-24)37(33,34)29(26)16-12-23-8-4-18-35-23/h1-10,18-20H,11-17H2. The van der Waals surface area contributed by atoms with Gasteiger partial charge in [0.1, 0.15) is 5.57 Å². The number of amides is 2. The molecule has 192 valence electrons. The predicted octanol–water partition coefficient (Wildman–Crippen LogP) is 4.18. The van der Waals surface area contributed by atoms with Gasteiger partial charge in [0.05, 0.1) is 0 Å². The summed E-state index contributed by atoms with van der Waals surface area (Å²) < 4.78 is 28.6. The minimum atomic E-state index is -4.28. The Bertz CT molecular complexity index is 1350. The number of carbonyl (C=O) groups excluding carboxylic acids is 2. The van der Waals surface area contributed by atoms with Crippen LogP contribution in [0.3, 0.4) is 0 Å². The second-order valence-corrected chi connectivity index (χ2v) is 12.6. The Kier molecular flexibility index (Phi) is 7.59. The third kappa shape index (κ3) is 5.56. The monoisotopic (exact) mass is 553 g/mol. The van der Waals surface area contributed by atoms with Gasteiger partial charge in [-0.3, -0.25) is 9.59 Å². The van der Waals surface area contributed by atoms with Crippen molar-refractivity contribution in [2.75, 3.05) is 26.2 Å². The highest BCUT2D eigenvalue weighted by Crippen LogP contribution is 2.27. The lowest BCUT2D eigenvalue weighted by Gasteiger charge is -2.36. The van der Waals surface area contributed by atoms with Crippen molar-refractivity contribution in [3.05, 3.63) is 98.5 Å². The first kappa shape index (κ1) is 25.4. The van der Waals surface area contributed by atoms with Crippen molar-refractivity contribution in [2.24, 2.45) is 0 Å². The van der Waals surface area contributed by atoms with E-state index in [0.717, 1.165) is 30.3 Å². The fourth-order valence-corrected chi connectivity index (χ4v) is 7.36. The van der Waals surface area contributed by atoms with Crippen LogP contribution < -0.4 is 0 Å². The summed E-state index contributed by atoms with van der Waals surface area (Å²) in [6, 6.07) is 17.7. The first-order valence-corrected chi connectivity index (χ1v) is 15.2. The number of thiophene rings is 2. The topological polar surface area (TPSA) is 78.0 Å². The van der Waals surface area contributed by atoms with Crippen molar-refractivity contribution in [1.29, 1.82) is 0 Å². The highest BCUT2D eigenvalue weighted by molar-refractivity contribution is 7.88. The maximum atomic E-state index is 13.5. The van der Waals surface area contributed by atoms with Gasteiger partial charge in [0, 0.05) is 55.0 Å². The van der Waals surface area contributed by atoms with Crippen LogP contribution in [0.4, 0.5) is 0 Å². The lowest BCUT2D eigenvalue weighted by molar-refractivity contribution is -0.132. The van der Waals surface area contributed by atoms with Crippen molar-refractivity contribution < 1.29 is 18.0 Å². The van der Waals surface area contributed by atoms with Gasteiger partial charge in [-0.15, -0.1) is 22.7 Å². The van der Waals surface area contributed by atoms with E-state index in [1.54, 1.807) is 6.20 Å². The lowest BCUT2D eigenvalue weighted by Crippen LogP contribution is -2.57. The summed E-state index contributed by atoms with van der Waals surface area (Å²) in [5.74, 6) is -1.52. The minimum Gasteiger partial charge on any atom is -0.372 e. The van der Waals surface area contributed by atoms with E-state index in [-0.39, 0.29) is 18.7 Å². The maximum absolute atomic E-state index is 13.5. The molecule has 0 N–H and O–H groups in total. The Labute approximate surface area is 225 Å². The number of rotatable bonds is 8. The summed E-state index contributed by atoms with van der Waals surface area (Å²) in [5, 5.41) is 3.83. The van der Waals surface area contributed by atoms with E-state index in [4.69, 9.17) is 0 Å². The van der Waals surface area contributed by atoms with E-state index in [9.17, 15) is 18.0 Å². The zero-order valence-electron chi connectivity index (χ0n) is 20.2. The average molecular weight is 554 g/mol. The molecule has 2 aliphatic heterocycles. The molecule has 0 unspecified atom stereocenters. The highest BCUT2D eigenvalue weighted by Gasteiger charge is 2.46. The molecule has 2 amide bonds. The Morgan fingerprint density at radius 2 is 1.41 bits per heavy atom. The van der Waals surface area contributed by atoms with E-state index in [2.05, 4.69) is 18.2 Å². The third-order valence-electron chi connectivity index (χ3n) is 6.45. The van der Waals surface area contributed by atoms with Gasteiger partial charge >= 0.3 is 10.2 Å². The molecular weight excluding hydrogens is 527 g/mol. The molecule has 3 aromatic rings. The normalized spacial score (nSPS) is 17.8. The summed E-state index contributed by atoms with van der Waals surface area (Å²) in [6.07, 6.45) is 5.20. The Hall–Kier alpha value is -3.21. The molecule has 37 heavy (non-hydrogen) atoms. The quantitative estimate of drug-likeness (QED) is 0.309. The summed E-state index contributed by atoms with van der Waals surface area (Å²) in [5.41, 5.74) is 2.27. The number of nitrogens with zero attached hydrogens (tertiary/aromatic N) is 3. The Morgan fingerprint density at radius 3 is 1.89 bits per heavy atom. The fourth-order valence-electron chi connectivity index (χ4n) is 4.47. The molecule has 2 aromatic heterocycles. The van der Waals surface area contributed by atoms with Crippen LogP contribution in [0.15, 0.2) is 83.2 Å². The van der Waals surface area contributed by atoms with E-state index in [1.807, 2.05) is 58.1 Å². The van der Waals surface area contributed by atoms with Crippen molar-refractivity contribution in [2.45, 2.75) is 19.3 Å². The largest absolute Gasteiger partial charge is 0.372 e. The van der Waals surface area contributed by atoms with Gasteiger partial charge in [-0.25, -0.2) is 8.61 Å². The van der Waals surface area contributed by atoms with Crippen molar-refractivity contribution >= 4 is 50.3 Å². The summed E-state index contributed by atoms with van der Waals surface area (Å²) in [6.45, 7) is 1.13. The zero-order chi connectivity index (χ0) is 25.8. The van der Waals surface area contributed by atoms with Crippen LogP contribution >= 0.6 is 22.7 Å². The summed E-state index contributed by atoms with van der Waals surface area (Å²) in [4.78, 5) is 30.7. The molecule has 1 fully saturated rings. The number of hydrogen-bond donors (Lipinski definition) is 0. The molecule has 0 atom stereocenters.